The zero-order valence-corrected chi connectivity index (χ0v) is 12.2. The fourth-order valence-corrected chi connectivity index (χ4v) is 3.33. The van der Waals surface area contributed by atoms with E-state index < -0.39 is 0 Å². The fourth-order valence-electron chi connectivity index (χ4n) is 3.33. The third-order valence-electron chi connectivity index (χ3n) is 4.45. The van der Waals surface area contributed by atoms with Gasteiger partial charge in [-0.15, -0.1) is 0 Å². The number of nitrogens with two attached hydrogens (primary N) is 1. The Bertz CT molecular complexity index is 568. The predicted molar refractivity (Wildman–Crippen MR) is 77.6 cm³/mol. The van der Waals surface area contributed by atoms with E-state index in [1.165, 1.54) is 0 Å². The van der Waals surface area contributed by atoms with Crippen LogP contribution in [0.2, 0.25) is 0 Å². The molecule has 2 fully saturated rings. The number of anilines is 1. The Hall–Kier alpha value is -2.05. The number of aromatic nitrogens is 2. The number of carbonyl (C=O) groups is 2. The number of nitrogens with zero attached hydrogens (tertiary/aromatic N) is 2. The van der Waals surface area contributed by atoms with Gasteiger partial charge in [0, 0.05) is 13.1 Å². The average molecular weight is 291 g/mol. The van der Waals surface area contributed by atoms with Crippen LogP contribution in [-0.4, -0.2) is 46.0 Å². The Morgan fingerprint density at radius 1 is 1.52 bits per heavy atom. The second-order valence-corrected chi connectivity index (χ2v) is 5.77. The summed E-state index contributed by atoms with van der Waals surface area (Å²) < 4.78 is 0. The molecule has 4 N–H and O–H groups in total. The first-order valence-electron chi connectivity index (χ1n) is 7.54. The van der Waals surface area contributed by atoms with Gasteiger partial charge in [-0.2, -0.15) is 5.10 Å². The van der Waals surface area contributed by atoms with Crippen molar-refractivity contribution in [3.63, 3.8) is 0 Å². The highest BCUT2D eigenvalue weighted by atomic mass is 16.2. The van der Waals surface area contributed by atoms with Gasteiger partial charge in [0.2, 0.25) is 5.91 Å². The fraction of sp³-hybridized carbons (Fsp3) is 0.643. The van der Waals surface area contributed by atoms with E-state index in [1.54, 1.807) is 4.90 Å². The minimum absolute atomic E-state index is 0.0548. The van der Waals surface area contributed by atoms with Gasteiger partial charge in [-0.05, 0) is 19.3 Å². The number of amides is 2. The van der Waals surface area contributed by atoms with E-state index in [9.17, 15) is 9.59 Å². The van der Waals surface area contributed by atoms with Crippen LogP contribution in [0.5, 0.6) is 0 Å². The third-order valence-corrected chi connectivity index (χ3v) is 4.45. The Morgan fingerprint density at radius 3 is 3.10 bits per heavy atom. The van der Waals surface area contributed by atoms with Crippen molar-refractivity contribution in [2.45, 2.75) is 38.6 Å². The highest BCUT2D eigenvalue weighted by molar-refractivity contribution is 5.98. The molecule has 7 heteroatoms. The number of likely N-dealkylation sites (tertiary alicyclic amines) is 1. The van der Waals surface area contributed by atoms with Gasteiger partial charge in [0.1, 0.15) is 0 Å². The van der Waals surface area contributed by atoms with E-state index >= 15 is 0 Å². The van der Waals surface area contributed by atoms with Crippen molar-refractivity contribution in [2.75, 3.05) is 18.8 Å². The van der Waals surface area contributed by atoms with Crippen LogP contribution in [0, 0.1) is 5.92 Å². The molecule has 0 saturated carbocycles. The topological polar surface area (TPSA) is 104 Å². The quantitative estimate of drug-likeness (QED) is 0.744. The van der Waals surface area contributed by atoms with Crippen molar-refractivity contribution in [2.24, 2.45) is 5.92 Å². The summed E-state index contributed by atoms with van der Waals surface area (Å²) in [6.07, 6.45) is 3.40. The SMILES string of the molecule is CCCc1[nH]nc(C(=O)N2CCCC3C(=O)NCC32)c1N. The zero-order chi connectivity index (χ0) is 15.0. The summed E-state index contributed by atoms with van der Waals surface area (Å²) >= 11 is 0. The highest BCUT2D eigenvalue weighted by Crippen LogP contribution is 2.29. The van der Waals surface area contributed by atoms with Gasteiger partial charge in [-0.3, -0.25) is 14.7 Å². The van der Waals surface area contributed by atoms with Crippen LogP contribution in [0.25, 0.3) is 0 Å². The molecule has 1 aromatic rings. The summed E-state index contributed by atoms with van der Waals surface area (Å²) in [5.74, 6) is -0.200. The van der Waals surface area contributed by atoms with Crippen LogP contribution >= 0.6 is 0 Å². The maximum Gasteiger partial charge on any atom is 0.276 e. The lowest BCUT2D eigenvalue weighted by atomic mass is 9.91. The second-order valence-electron chi connectivity index (χ2n) is 5.77. The Balaban J connectivity index is 1.83. The summed E-state index contributed by atoms with van der Waals surface area (Å²) in [4.78, 5) is 26.2. The molecule has 2 amide bonds. The van der Waals surface area contributed by atoms with Gasteiger partial charge >= 0.3 is 0 Å². The van der Waals surface area contributed by atoms with Crippen LogP contribution in [0.1, 0.15) is 42.4 Å². The first-order valence-corrected chi connectivity index (χ1v) is 7.54. The first-order chi connectivity index (χ1) is 10.1. The molecule has 2 aliphatic heterocycles. The Morgan fingerprint density at radius 2 is 2.33 bits per heavy atom. The monoisotopic (exact) mass is 291 g/mol. The van der Waals surface area contributed by atoms with Gasteiger partial charge in [0.25, 0.3) is 5.91 Å². The van der Waals surface area contributed by atoms with Crippen molar-refractivity contribution in [1.82, 2.24) is 20.4 Å². The summed E-state index contributed by atoms with van der Waals surface area (Å²) in [5, 5.41) is 9.80. The van der Waals surface area contributed by atoms with E-state index in [0.29, 0.717) is 24.5 Å². The molecule has 2 aliphatic rings. The van der Waals surface area contributed by atoms with E-state index in [2.05, 4.69) is 15.5 Å². The molecule has 7 nitrogen and oxygen atoms in total. The smallest absolute Gasteiger partial charge is 0.276 e. The summed E-state index contributed by atoms with van der Waals surface area (Å²) in [6, 6.07) is -0.0653. The van der Waals surface area contributed by atoms with Gasteiger partial charge in [0.15, 0.2) is 5.69 Å². The van der Waals surface area contributed by atoms with Crippen molar-refractivity contribution in [1.29, 1.82) is 0 Å². The normalized spacial score (nSPS) is 24.8. The number of aromatic amines is 1. The number of hydrogen-bond donors (Lipinski definition) is 3. The second kappa shape index (κ2) is 5.38. The van der Waals surface area contributed by atoms with Crippen molar-refractivity contribution in [3.8, 4) is 0 Å². The van der Waals surface area contributed by atoms with E-state index in [1.807, 2.05) is 6.92 Å². The molecule has 2 unspecified atom stereocenters. The van der Waals surface area contributed by atoms with Crippen LogP contribution in [0.15, 0.2) is 0 Å². The molecular formula is C14H21N5O2. The molecule has 3 heterocycles. The molecule has 1 aromatic heterocycles. The number of carbonyl (C=O) groups excluding carboxylic acids is 2. The highest BCUT2D eigenvalue weighted by Gasteiger charge is 2.43. The van der Waals surface area contributed by atoms with Crippen LogP contribution in [0.3, 0.4) is 0 Å². The van der Waals surface area contributed by atoms with Crippen LogP contribution < -0.4 is 11.1 Å². The molecule has 114 valence electrons. The van der Waals surface area contributed by atoms with Crippen molar-refractivity contribution < 1.29 is 9.59 Å². The van der Waals surface area contributed by atoms with Gasteiger partial charge < -0.3 is 16.0 Å². The summed E-state index contributed by atoms with van der Waals surface area (Å²) in [6.45, 7) is 3.23. The number of nitrogen functional groups attached to an aromatic ring is 1. The zero-order valence-electron chi connectivity index (χ0n) is 12.2. The third kappa shape index (κ3) is 2.26. The number of piperidine rings is 1. The van der Waals surface area contributed by atoms with Gasteiger partial charge in [-0.25, -0.2) is 0 Å². The van der Waals surface area contributed by atoms with Crippen LogP contribution in [0.4, 0.5) is 5.69 Å². The summed E-state index contributed by atoms with van der Waals surface area (Å²) in [5.41, 5.74) is 7.59. The molecule has 3 rings (SSSR count). The minimum atomic E-state index is -0.169. The maximum absolute atomic E-state index is 12.7. The molecule has 2 saturated heterocycles. The number of aryl methyl sites for hydroxylation is 1. The number of fused-ring (bicyclic) bond motifs is 1. The molecule has 0 spiro atoms. The van der Waals surface area contributed by atoms with Gasteiger partial charge in [-0.1, -0.05) is 13.3 Å². The molecule has 2 atom stereocenters. The Labute approximate surface area is 123 Å². The lowest BCUT2D eigenvalue weighted by molar-refractivity contribution is -0.123. The standard InChI is InChI=1S/C14H21N5O2/c1-2-4-9-11(15)12(18-17-9)14(21)19-6-3-5-8-10(19)7-16-13(8)20/h8,10H,2-7,15H2,1H3,(H,16,20)(H,17,18). The van der Waals surface area contributed by atoms with Crippen molar-refractivity contribution >= 4 is 17.5 Å². The molecule has 0 aliphatic carbocycles. The molecule has 0 aromatic carbocycles. The molecular weight excluding hydrogens is 270 g/mol. The Kier molecular flexibility index (Phi) is 3.57. The largest absolute Gasteiger partial charge is 0.395 e. The van der Waals surface area contributed by atoms with Crippen LogP contribution in [-0.2, 0) is 11.2 Å². The van der Waals surface area contributed by atoms with Gasteiger partial charge in [0.05, 0.1) is 23.3 Å². The number of nitrogens with one attached hydrogen (secondary N) is 2. The lowest BCUT2D eigenvalue weighted by Gasteiger charge is -2.35. The lowest BCUT2D eigenvalue weighted by Crippen LogP contribution is -2.49. The number of rotatable bonds is 3. The predicted octanol–water partition coefficient (Wildman–Crippen LogP) is 0.295. The van der Waals surface area contributed by atoms with E-state index in [-0.39, 0.29) is 23.8 Å². The molecule has 0 bridgehead atoms. The summed E-state index contributed by atoms with van der Waals surface area (Å²) in [7, 11) is 0. The van der Waals surface area contributed by atoms with E-state index in [4.69, 9.17) is 5.73 Å². The molecule has 0 radical (unpaired) electrons. The number of H-pyrrole nitrogens is 1. The maximum atomic E-state index is 12.7. The molecule has 21 heavy (non-hydrogen) atoms. The average Bonchev–Trinajstić information content (AvgIpc) is 3.04. The first kappa shape index (κ1) is 13.9. The van der Waals surface area contributed by atoms with Crippen molar-refractivity contribution in [3.05, 3.63) is 11.4 Å². The number of hydrogen-bond acceptors (Lipinski definition) is 4. The van der Waals surface area contributed by atoms with E-state index in [0.717, 1.165) is 31.4 Å². The minimum Gasteiger partial charge on any atom is -0.395 e.